The summed E-state index contributed by atoms with van der Waals surface area (Å²) < 4.78 is 2.99. The lowest BCUT2D eigenvalue weighted by Gasteiger charge is -2.38. The zero-order valence-electron chi connectivity index (χ0n) is 19.6. The number of nitrogens with one attached hydrogen (secondary N) is 1. The van der Waals surface area contributed by atoms with Crippen LogP contribution in [0.2, 0.25) is 0 Å². The molecule has 1 aromatic heterocycles. The number of unbranched alkanes of at least 4 members (excludes halogenated alkanes) is 1. The number of aryl methyl sites for hydroxylation is 1. The van der Waals surface area contributed by atoms with Crippen molar-refractivity contribution in [2.45, 2.75) is 86.1 Å². The maximum atomic E-state index is 13.5. The number of aromatic nitrogens is 1. The third-order valence-electron chi connectivity index (χ3n) is 6.78. The first-order valence-corrected chi connectivity index (χ1v) is 11.7. The van der Waals surface area contributed by atoms with Crippen LogP contribution in [0.3, 0.4) is 0 Å². The Balaban J connectivity index is 2.40. The van der Waals surface area contributed by atoms with Crippen LogP contribution >= 0.6 is 11.5 Å². The van der Waals surface area contributed by atoms with E-state index in [1.807, 2.05) is 20.8 Å². The minimum atomic E-state index is -0.691. The Labute approximate surface area is 185 Å². The predicted octanol–water partition coefficient (Wildman–Crippen LogP) is 4.27. The van der Waals surface area contributed by atoms with Gasteiger partial charge >= 0.3 is 0 Å². The summed E-state index contributed by atoms with van der Waals surface area (Å²) >= 11 is 1.55. The van der Waals surface area contributed by atoms with Gasteiger partial charge in [0, 0.05) is 23.2 Å². The smallest absolute Gasteiger partial charge is 0.253 e. The first-order chi connectivity index (χ1) is 13.9. The molecule has 0 aromatic carbocycles. The molecule has 1 fully saturated rings. The van der Waals surface area contributed by atoms with E-state index in [-0.39, 0.29) is 29.8 Å². The summed E-state index contributed by atoms with van der Waals surface area (Å²) in [4.78, 5) is 30.8. The van der Waals surface area contributed by atoms with E-state index in [0.717, 1.165) is 29.5 Å². The van der Waals surface area contributed by atoms with Crippen LogP contribution in [0.1, 0.15) is 79.7 Å². The van der Waals surface area contributed by atoms with Crippen LogP contribution in [-0.2, 0) is 21.5 Å². The first kappa shape index (κ1) is 24.4. The molecule has 0 bridgehead atoms. The fourth-order valence-electron chi connectivity index (χ4n) is 4.16. The minimum Gasteiger partial charge on any atom is -0.345 e. The maximum Gasteiger partial charge on any atom is 0.253 e. The van der Waals surface area contributed by atoms with Crippen molar-refractivity contribution in [2.75, 3.05) is 6.54 Å². The molecule has 0 radical (unpaired) electrons. The number of hydrogen-bond acceptors (Lipinski definition) is 3. The van der Waals surface area contributed by atoms with Crippen LogP contribution in [0.15, 0.2) is 11.2 Å². The minimum absolute atomic E-state index is 0.0564. The second-order valence-electron chi connectivity index (χ2n) is 10.1. The van der Waals surface area contributed by atoms with Crippen LogP contribution in [0.5, 0.6) is 0 Å². The number of rotatable bonds is 6. The van der Waals surface area contributed by atoms with Crippen molar-refractivity contribution in [1.82, 2.24) is 9.27 Å². The Hall–Kier alpha value is -1.87. The average molecular weight is 432 g/mol. The van der Waals surface area contributed by atoms with Gasteiger partial charge < -0.3 is 5.32 Å². The van der Waals surface area contributed by atoms with E-state index in [1.54, 1.807) is 11.5 Å². The van der Waals surface area contributed by atoms with E-state index in [2.05, 4.69) is 54.1 Å². The SMILES string of the molecule is C#CCNC(=O)[C@H]1CC[C@@](C)(C(=O)/N=c2\sn(C(C)(C)C)cc2CCCC)C1(C)C. The number of terminal acetylenes is 1. The third kappa shape index (κ3) is 4.72. The molecule has 2 atom stereocenters. The first-order valence-electron chi connectivity index (χ1n) is 10.9. The number of carbonyl (C=O) groups excluding carboxylic acids is 2. The molecular weight excluding hydrogens is 394 g/mol. The summed E-state index contributed by atoms with van der Waals surface area (Å²) in [5, 5.41) is 2.79. The van der Waals surface area contributed by atoms with Crippen LogP contribution in [-0.4, -0.2) is 22.3 Å². The molecule has 30 heavy (non-hydrogen) atoms. The molecule has 166 valence electrons. The van der Waals surface area contributed by atoms with Crippen molar-refractivity contribution >= 4 is 23.3 Å². The normalized spacial score (nSPS) is 23.9. The van der Waals surface area contributed by atoms with Gasteiger partial charge in [-0.1, -0.05) is 40.0 Å². The zero-order chi connectivity index (χ0) is 22.7. The van der Waals surface area contributed by atoms with E-state index in [1.165, 1.54) is 0 Å². The molecule has 0 unspecified atom stereocenters. The molecule has 6 heteroatoms. The van der Waals surface area contributed by atoms with Crippen LogP contribution in [0.25, 0.3) is 0 Å². The van der Waals surface area contributed by atoms with Gasteiger partial charge in [0.2, 0.25) is 5.91 Å². The summed E-state index contributed by atoms with van der Waals surface area (Å²) in [6, 6.07) is 0. The molecule has 0 aliphatic heterocycles. The highest BCUT2D eigenvalue weighted by Gasteiger charge is 2.58. The quantitative estimate of drug-likeness (QED) is 0.684. The van der Waals surface area contributed by atoms with E-state index in [9.17, 15) is 9.59 Å². The van der Waals surface area contributed by atoms with Crippen molar-refractivity contribution < 1.29 is 9.59 Å². The molecular formula is C24H37N3O2S. The van der Waals surface area contributed by atoms with Crippen LogP contribution in [0.4, 0.5) is 0 Å². The number of carbonyl (C=O) groups is 2. The van der Waals surface area contributed by atoms with Gasteiger partial charge in [0.25, 0.3) is 5.91 Å². The fraction of sp³-hybridized carbons (Fsp3) is 0.708. The Morgan fingerprint density at radius 2 is 2.03 bits per heavy atom. The van der Waals surface area contributed by atoms with Gasteiger partial charge in [-0.05, 0) is 63.4 Å². The number of amides is 2. The molecule has 1 saturated carbocycles. The Bertz CT molecular complexity index is 895. The largest absolute Gasteiger partial charge is 0.345 e. The highest BCUT2D eigenvalue weighted by molar-refractivity contribution is 7.04. The molecule has 5 nitrogen and oxygen atoms in total. The molecule has 1 heterocycles. The van der Waals surface area contributed by atoms with Crippen LogP contribution < -0.4 is 9.99 Å². The van der Waals surface area contributed by atoms with Gasteiger partial charge in [0.1, 0.15) is 4.67 Å². The van der Waals surface area contributed by atoms with Crippen molar-refractivity contribution in [3.8, 4) is 12.3 Å². The average Bonchev–Trinajstić information content (AvgIpc) is 3.17. The number of nitrogens with zero attached hydrogens (tertiary/aromatic N) is 2. The van der Waals surface area contributed by atoms with Gasteiger partial charge in [0.05, 0.1) is 12.0 Å². The van der Waals surface area contributed by atoms with Gasteiger partial charge in [-0.15, -0.1) is 6.42 Å². The summed E-state index contributed by atoms with van der Waals surface area (Å²) in [5.41, 5.74) is -0.122. The van der Waals surface area contributed by atoms with Crippen LogP contribution in [0, 0.1) is 29.1 Å². The third-order valence-corrected chi connectivity index (χ3v) is 8.15. The van der Waals surface area contributed by atoms with Crippen molar-refractivity contribution in [1.29, 1.82) is 0 Å². The maximum absolute atomic E-state index is 13.5. The Kier molecular flexibility index (Phi) is 7.40. The zero-order valence-corrected chi connectivity index (χ0v) is 20.4. The molecule has 1 aromatic rings. The lowest BCUT2D eigenvalue weighted by atomic mass is 9.65. The molecule has 2 rings (SSSR count). The van der Waals surface area contributed by atoms with Crippen molar-refractivity contribution in [3.63, 3.8) is 0 Å². The number of hydrogen-bond donors (Lipinski definition) is 1. The highest BCUT2D eigenvalue weighted by atomic mass is 32.1. The molecule has 1 aliphatic carbocycles. The standard InChI is InChI=1S/C24H37N3O2S/c1-9-11-12-17-16-27(22(3,4)5)30-20(17)26-21(29)24(8)14-13-18(23(24,6)7)19(28)25-15-10-2/h2,16,18H,9,11-15H2,1,3-8H3,(H,25,28)/b26-20-/t18-,24+/m1/s1. The van der Waals surface area contributed by atoms with Gasteiger partial charge in [-0.25, -0.2) is 4.99 Å². The predicted molar refractivity (Wildman–Crippen MR) is 123 cm³/mol. The second-order valence-corrected chi connectivity index (χ2v) is 11.1. The molecule has 1 aliphatic rings. The molecule has 0 spiro atoms. The van der Waals surface area contributed by atoms with Gasteiger partial charge in [-0.3, -0.25) is 13.5 Å². The van der Waals surface area contributed by atoms with E-state index >= 15 is 0 Å². The highest BCUT2D eigenvalue weighted by Crippen LogP contribution is 2.56. The topological polar surface area (TPSA) is 63.5 Å². The lowest BCUT2D eigenvalue weighted by Crippen LogP contribution is -2.45. The van der Waals surface area contributed by atoms with Crippen molar-refractivity contribution in [2.24, 2.45) is 21.7 Å². The van der Waals surface area contributed by atoms with E-state index < -0.39 is 10.8 Å². The van der Waals surface area contributed by atoms with E-state index in [0.29, 0.717) is 12.8 Å². The lowest BCUT2D eigenvalue weighted by molar-refractivity contribution is -0.136. The molecule has 1 N–H and O–H groups in total. The van der Waals surface area contributed by atoms with E-state index in [4.69, 9.17) is 6.42 Å². The molecule has 2 amide bonds. The summed E-state index contributed by atoms with van der Waals surface area (Å²) in [6.07, 6.45) is 11.8. The summed E-state index contributed by atoms with van der Waals surface area (Å²) in [5.74, 6) is 2.00. The van der Waals surface area contributed by atoms with Gasteiger partial charge in [0.15, 0.2) is 0 Å². The molecule has 0 saturated heterocycles. The Morgan fingerprint density at radius 1 is 1.37 bits per heavy atom. The Morgan fingerprint density at radius 3 is 2.60 bits per heavy atom. The second kappa shape index (κ2) is 9.09. The monoisotopic (exact) mass is 431 g/mol. The summed E-state index contributed by atoms with van der Waals surface area (Å²) in [6.45, 7) is 14.8. The fourth-order valence-corrected chi connectivity index (χ4v) is 5.19. The van der Waals surface area contributed by atoms with Crippen molar-refractivity contribution in [3.05, 3.63) is 16.4 Å². The summed E-state index contributed by atoms with van der Waals surface area (Å²) in [7, 11) is 0. The van der Waals surface area contributed by atoms with Gasteiger partial charge in [-0.2, -0.15) is 0 Å².